The van der Waals surface area contributed by atoms with Crippen LogP contribution in [0.1, 0.15) is 17.3 Å². The van der Waals surface area contributed by atoms with Gasteiger partial charge in [0.05, 0.1) is 11.5 Å². The molecule has 1 aliphatic heterocycles. The van der Waals surface area contributed by atoms with Crippen molar-refractivity contribution in [2.45, 2.75) is 17.9 Å². The van der Waals surface area contributed by atoms with E-state index in [1.165, 1.54) is 0 Å². The number of carbonyl (C=O) groups excluding carboxylic acids is 1. The molecular formula is C12H15NO3S2. The molecule has 0 bridgehead atoms. The molecule has 0 aliphatic carbocycles. The van der Waals surface area contributed by atoms with Gasteiger partial charge in [0, 0.05) is 23.0 Å². The van der Waals surface area contributed by atoms with Crippen LogP contribution in [0.3, 0.4) is 0 Å². The van der Waals surface area contributed by atoms with Crippen molar-refractivity contribution in [3.05, 3.63) is 29.8 Å². The molecule has 0 N–H and O–H groups in total. The summed E-state index contributed by atoms with van der Waals surface area (Å²) in [6.07, 6.45) is 0. The Hall–Kier alpha value is -1.01. The van der Waals surface area contributed by atoms with Crippen LogP contribution < -0.4 is 0 Å². The minimum atomic E-state index is -3.00. The number of hydrogen-bond acceptors (Lipinski definition) is 4. The maximum absolute atomic E-state index is 12.3. The third-order valence-corrected chi connectivity index (χ3v) is 5.10. The molecule has 1 aromatic rings. The van der Waals surface area contributed by atoms with Gasteiger partial charge in [-0.05, 0) is 25.1 Å². The van der Waals surface area contributed by atoms with Gasteiger partial charge in [-0.25, -0.2) is 8.42 Å². The van der Waals surface area contributed by atoms with Crippen molar-refractivity contribution < 1.29 is 13.2 Å². The lowest BCUT2D eigenvalue weighted by Gasteiger charge is -2.33. The van der Waals surface area contributed by atoms with Gasteiger partial charge in [0.15, 0.2) is 9.84 Å². The van der Waals surface area contributed by atoms with E-state index >= 15 is 0 Å². The molecule has 18 heavy (non-hydrogen) atoms. The molecule has 0 saturated carbocycles. The maximum atomic E-state index is 12.3. The smallest absolute Gasteiger partial charge is 0.254 e. The van der Waals surface area contributed by atoms with E-state index < -0.39 is 9.84 Å². The molecule has 1 heterocycles. The van der Waals surface area contributed by atoms with Crippen molar-refractivity contribution in [2.24, 2.45) is 0 Å². The van der Waals surface area contributed by atoms with Crippen LogP contribution >= 0.6 is 12.6 Å². The van der Waals surface area contributed by atoms with Crippen LogP contribution in [0.2, 0.25) is 0 Å². The highest BCUT2D eigenvalue weighted by Gasteiger charge is 2.31. The Morgan fingerprint density at radius 2 is 2.17 bits per heavy atom. The minimum absolute atomic E-state index is 0.0410. The van der Waals surface area contributed by atoms with Crippen molar-refractivity contribution in [1.82, 2.24) is 4.90 Å². The first-order valence-electron chi connectivity index (χ1n) is 5.69. The first-order valence-corrected chi connectivity index (χ1v) is 7.96. The number of carbonyl (C=O) groups is 1. The van der Waals surface area contributed by atoms with Crippen molar-refractivity contribution in [2.75, 3.05) is 18.1 Å². The Morgan fingerprint density at radius 1 is 1.44 bits per heavy atom. The topological polar surface area (TPSA) is 54.5 Å². The van der Waals surface area contributed by atoms with Gasteiger partial charge in [-0.3, -0.25) is 4.79 Å². The number of hydrogen-bond donors (Lipinski definition) is 1. The molecule has 4 nitrogen and oxygen atoms in total. The summed E-state index contributed by atoms with van der Waals surface area (Å²) >= 11 is 4.20. The predicted octanol–water partition coefficient (Wildman–Crippen LogP) is 1.23. The lowest BCUT2D eigenvalue weighted by atomic mass is 10.1. The Labute approximate surface area is 112 Å². The van der Waals surface area contributed by atoms with Gasteiger partial charge in [0.2, 0.25) is 0 Å². The summed E-state index contributed by atoms with van der Waals surface area (Å²) in [4.78, 5) is 14.6. The minimum Gasteiger partial charge on any atom is -0.334 e. The highest BCUT2D eigenvalue weighted by molar-refractivity contribution is 7.91. The van der Waals surface area contributed by atoms with Crippen molar-refractivity contribution >= 4 is 28.4 Å². The monoisotopic (exact) mass is 285 g/mol. The van der Waals surface area contributed by atoms with Gasteiger partial charge in [0.25, 0.3) is 5.91 Å². The summed E-state index contributed by atoms with van der Waals surface area (Å²) in [6, 6.07) is 6.70. The molecule has 1 unspecified atom stereocenters. The van der Waals surface area contributed by atoms with E-state index in [0.717, 1.165) is 4.90 Å². The summed E-state index contributed by atoms with van der Waals surface area (Å²) in [5, 5.41) is 0. The zero-order valence-electron chi connectivity index (χ0n) is 10.0. The third-order valence-electron chi connectivity index (χ3n) is 3.02. The van der Waals surface area contributed by atoms with Crippen molar-refractivity contribution in [1.29, 1.82) is 0 Å². The Balaban J connectivity index is 2.20. The van der Waals surface area contributed by atoms with Crippen molar-refractivity contribution in [3.8, 4) is 0 Å². The summed E-state index contributed by atoms with van der Waals surface area (Å²) in [6.45, 7) is 2.03. The lowest BCUT2D eigenvalue weighted by Crippen LogP contribution is -2.49. The van der Waals surface area contributed by atoms with Crippen LogP contribution in [0.4, 0.5) is 0 Å². The number of nitrogens with zero attached hydrogens (tertiary/aromatic N) is 1. The first-order chi connectivity index (χ1) is 8.39. The quantitative estimate of drug-likeness (QED) is 0.790. The molecule has 0 aromatic heterocycles. The highest BCUT2D eigenvalue weighted by atomic mass is 32.2. The average Bonchev–Trinajstić information content (AvgIpc) is 2.27. The van der Waals surface area contributed by atoms with E-state index in [0.29, 0.717) is 5.56 Å². The molecule has 1 atom stereocenters. The molecule has 1 fully saturated rings. The standard InChI is InChI=1S/C12H15NO3S2/c1-9-8-18(15,16)6-5-13(9)12(14)10-3-2-4-11(17)7-10/h2-4,7,9,17H,5-6,8H2,1H3. The van der Waals surface area contributed by atoms with E-state index in [4.69, 9.17) is 0 Å². The zero-order valence-corrected chi connectivity index (χ0v) is 11.7. The fourth-order valence-electron chi connectivity index (χ4n) is 2.11. The number of sulfone groups is 1. The molecule has 1 aliphatic rings. The Morgan fingerprint density at radius 3 is 2.78 bits per heavy atom. The number of amides is 1. The van der Waals surface area contributed by atoms with Gasteiger partial charge in [-0.15, -0.1) is 12.6 Å². The zero-order chi connectivity index (χ0) is 13.3. The maximum Gasteiger partial charge on any atom is 0.254 e. The van der Waals surface area contributed by atoms with E-state index in [1.807, 2.05) is 0 Å². The molecule has 1 aromatic carbocycles. The second kappa shape index (κ2) is 4.93. The molecular weight excluding hydrogens is 270 g/mol. The van der Waals surface area contributed by atoms with E-state index in [2.05, 4.69) is 12.6 Å². The lowest BCUT2D eigenvalue weighted by molar-refractivity contribution is 0.0712. The number of thiol groups is 1. The second-order valence-electron chi connectivity index (χ2n) is 4.51. The van der Waals surface area contributed by atoms with Crippen LogP contribution in [-0.4, -0.2) is 43.3 Å². The normalized spacial score (nSPS) is 22.8. The second-order valence-corrected chi connectivity index (χ2v) is 7.26. The largest absolute Gasteiger partial charge is 0.334 e. The average molecular weight is 285 g/mol. The SMILES string of the molecule is CC1CS(=O)(=O)CCN1C(=O)c1cccc(S)c1. The van der Waals surface area contributed by atoms with Crippen LogP contribution in [0.15, 0.2) is 29.2 Å². The van der Waals surface area contributed by atoms with Gasteiger partial charge in [0.1, 0.15) is 0 Å². The van der Waals surface area contributed by atoms with E-state index in [-0.39, 0.29) is 30.0 Å². The molecule has 0 spiro atoms. The first kappa shape index (κ1) is 13.4. The fraction of sp³-hybridized carbons (Fsp3) is 0.417. The summed E-state index contributed by atoms with van der Waals surface area (Å²) in [5.74, 6) is -0.0449. The van der Waals surface area contributed by atoms with Crippen LogP contribution in [0, 0.1) is 0 Å². The van der Waals surface area contributed by atoms with Gasteiger partial charge < -0.3 is 4.90 Å². The molecule has 1 amide bonds. The summed E-state index contributed by atoms with van der Waals surface area (Å²) in [5.41, 5.74) is 0.550. The predicted molar refractivity (Wildman–Crippen MR) is 72.8 cm³/mol. The molecule has 0 radical (unpaired) electrons. The Bertz CT molecular complexity index is 568. The molecule has 98 valence electrons. The third kappa shape index (κ3) is 2.87. The van der Waals surface area contributed by atoms with Crippen LogP contribution in [-0.2, 0) is 9.84 Å². The van der Waals surface area contributed by atoms with Gasteiger partial charge in [-0.2, -0.15) is 0 Å². The van der Waals surface area contributed by atoms with E-state index in [1.54, 1.807) is 36.1 Å². The van der Waals surface area contributed by atoms with Crippen LogP contribution in [0.25, 0.3) is 0 Å². The summed E-state index contributed by atoms with van der Waals surface area (Å²) < 4.78 is 22.9. The van der Waals surface area contributed by atoms with Gasteiger partial charge >= 0.3 is 0 Å². The van der Waals surface area contributed by atoms with Crippen molar-refractivity contribution in [3.63, 3.8) is 0 Å². The van der Waals surface area contributed by atoms with Crippen LogP contribution in [0.5, 0.6) is 0 Å². The highest BCUT2D eigenvalue weighted by Crippen LogP contribution is 2.17. The van der Waals surface area contributed by atoms with Gasteiger partial charge in [-0.1, -0.05) is 6.07 Å². The molecule has 2 rings (SSSR count). The number of rotatable bonds is 1. The fourth-order valence-corrected chi connectivity index (χ4v) is 3.89. The molecule has 6 heteroatoms. The summed E-state index contributed by atoms with van der Waals surface area (Å²) in [7, 11) is -3.00. The Kier molecular flexibility index (Phi) is 3.68. The number of benzene rings is 1. The molecule has 1 saturated heterocycles. The van der Waals surface area contributed by atoms with E-state index in [9.17, 15) is 13.2 Å².